The van der Waals surface area contributed by atoms with Gasteiger partial charge in [0.05, 0.1) is 0 Å². The number of hydrogen-bond donors (Lipinski definition) is 1. The second-order valence-corrected chi connectivity index (χ2v) is 6.59. The predicted octanol–water partition coefficient (Wildman–Crippen LogP) is 3.01. The Hall–Kier alpha value is -1.36. The average molecular weight is 292 g/mol. The summed E-state index contributed by atoms with van der Waals surface area (Å²) in [4.78, 5) is 8.25. The molecule has 1 N–H and O–H groups in total. The Morgan fingerprint density at radius 2 is 2.30 bits per heavy atom. The molecule has 0 aromatic carbocycles. The van der Waals surface area contributed by atoms with Crippen LogP contribution in [0.25, 0.3) is 5.78 Å². The lowest BCUT2D eigenvalue weighted by molar-refractivity contribution is 0.303. The van der Waals surface area contributed by atoms with Crippen LogP contribution in [0.15, 0.2) is 12.4 Å². The summed E-state index contributed by atoms with van der Waals surface area (Å²) in [6.07, 6.45) is 7.12. The molecule has 4 unspecified atom stereocenters. The minimum atomic E-state index is 0.427. The van der Waals surface area contributed by atoms with Gasteiger partial charge in [0.15, 0.2) is 0 Å². The highest BCUT2D eigenvalue weighted by molar-refractivity contribution is 6.29. The summed E-state index contributed by atoms with van der Waals surface area (Å²) in [6.45, 7) is 2.27. The van der Waals surface area contributed by atoms with Crippen LogP contribution in [0.2, 0.25) is 5.15 Å². The monoisotopic (exact) mass is 291 g/mol. The van der Waals surface area contributed by atoms with E-state index in [0.717, 1.165) is 23.6 Å². The van der Waals surface area contributed by atoms with Crippen molar-refractivity contribution in [1.82, 2.24) is 19.6 Å². The second kappa shape index (κ2) is 4.58. The molecule has 0 amide bonds. The number of nitrogens with one attached hydrogen (secondary N) is 1. The summed E-state index contributed by atoms with van der Waals surface area (Å²) < 4.78 is 1.72. The molecule has 2 fully saturated rings. The first-order chi connectivity index (χ1) is 9.70. The Balaban J connectivity index is 1.59. The summed E-state index contributed by atoms with van der Waals surface area (Å²) in [6, 6.07) is 2.25. The third-order valence-electron chi connectivity index (χ3n) is 5.03. The van der Waals surface area contributed by atoms with Crippen LogP contribution in [-0.4, -0.2) is 25.6 Å². The van der Waals surface area contributed by atoms with Gasteiger partial charge >= 0.3 is 0 Å². The van der Waals surface area contributed by atoms with Crippen molar-refractivity contribution in [3.63, 3.8) is 0 Å². The molecule has 0 saturated heterocycles. The van der Waals surface area contributed by atoms with Crippen LogP contribution in [0.5, 0.6) is 0 Å². The summed E-state index contributed by atoms with van der Waals surface area (Å²) in [5.74, 6) is 4.04. The molecule has 4 atom stereocenters. The molecule has 2 bridgehead atoms. The average Bonchev–Trinajstić information content (AvgIpc) is 3.13. The van der Waals surface area contributed by atoms with Crippen molar-refractivity contribution in [3.05, 3.63) is 17.5 Å². The van der Waals surface area contributed by atoms with Gasteiger partial charge in [0.1, 0.15) is 17.3 Å². The van der Waals surface area contributed by atoms with Crippen LogP contribution >= 0.6 is 11.6 Å². The third-order valence-corrected chi connectivity index (χ3v) is 5.22. The zero-order valence-corrected chi connectivity index (χ0v) is 12.2. The van der Waals surface area contributed by atoms with E-state index in [4.69, 9.17) is 11.6 Å². The Morgan fingerprint density at radius 3 is 3.05 bits per heavy atom. The molecule has 2 aromatic heterocycles. The van der Waals surface area contributed by atoms with Crippen LogP contribution in [0.4, 0.5) is 5.82 Å². The first kappa shape index (κ1) is 12.4. The Morgan fingerprint density at radius 1 is 1.40 bits per heavy atom. The van der Waals surface area contributed by atoms with E-state index in [1.54, 1.807) is 4.52 Å². The van der Waals surface area contributed by atoms with E-state index in [9.17, 15) is 0 Å². The smallest absolute Gasteiger partial charge is 0.255 e. The highest BCUT2D eigenvalue weighted by Crippen LogP contribution is 2.49. The lowest BCUT2D eigenvalue weighted by atomic mass is 9.84. The summed E-state index contributed by atoms with van der Waals surface area (Å²) in [5.41, 5.74) is 0. The van der Waals surface area contributed by atoms with Gasteiger partial charge in [0.2, 0.25) is 0 Å². The molecule has 5 nitrogen and oxygen atoms in total. The first-order valence-corrected chi connectivity index (χ1v) is 7.71. The van der Waals surface area contributed by atoms with Gasteiger partial charge in [-0.15, -0.1) is 0 Å². The second-order valence-electron chi connectivity index (χ2n) is 6.21. The summed E-state index contributed by atoms with van der Waals surface area (Å²) >= 11 is 6.05. The maximum Gasteiger partial charge on any atom is 0.255 e. The van der Waals surface area contributed by atoms with E-state index in [2.05, 4.69) is 27.3 Å². The van der Waals surface area contributed by atoms with Crippen LogP contribution in [0, 0.1) is 17.8 Å². The number of anilines is 1. The van der Waals surface area contributed by atoms with Gasteiger partial charge in [-0.05, 0) is 43.9 Å². The highest BCUT2D eigenvalue weighted by Gasteiger charge is 2.41. The van der Waals surface area contributed by atoms with Crippen LogP contribution in [-0.2, 0) is 0 Å². The van der Waals surface area contributed by atoms with Gasteiger partial charge in [-0.1, -0.05) is 18.0 Å². The fourth-order valence-corrected chi connectivity index (χ4v) is 4.31. The molecule has 20 heavy (non-hydrogen) atoms. The Labute approximate surface area is 122 Å². The van der Waals surface area contributed by atoms with E-state index < -0.39 is 0 Å². The predicted molar refractivity (Wildman–Crippen MR) is 77.8 cm³/mol. The molecule has 0 aliphatic heterocycles. The first-order valence-electron chi connectivity index (χ1n) is 7.33. The van der Waals surface area contributed by atoms with Crippen molar-refractivity contribution >= 4 is 23.2 Å². The largest absolute Gasteiger partial charge is 0.367 e. The SMILES string of the molecule is CC(Nc1cc(Cl)nc2ncnn12)C1CC2CCC1C2. The van der Waals surface area contributed by atoms with E-state index in [1.807, 2.05) is 6.07 Å². The molecular formula is C14H18ClN5. The highest BCUT2D eigenvalue weighted by atomic mass is 35.5. The van der Waals surface area contributed by atoms with Crippen LogP contribution in [0.3, 0.4) is 0 Å². The van der Waals surface area contributed by atoms with Crippen LogP contribution in [0.1, 0.15) is 32.6 Å². The van der Waals surface area contributed by atoms with Crippen LogP contribution < -0.4 is 5.32 Å². The van der Waals surface area contributed by atoms with Gasteiger partial charge in [-0.25, -0.2) is 0 Å². The fourth-order valence-electron chi connectivity index (χ4n) is 4.13. The van der Waals surface area contributed by atoms with Crippen molar-refractivity contribution < 1.29 is 0 Å². The molecule has 6 heteroatoms. The lowest BCUT2D eigenvalue weighted by Gasteiger charge is -2.29. The molecular weight excluding hydrogens is 274 g/mol. The minimum Gasteiger partial charge on any atom is -0.367 e. The number of fused-ring (bicyclic) bond motifs is 3. The van der Waals surface area contributed by atoms with Crippen molar-refractivity contribution in [1.29, 1.82) is 0 Å². The Kier molecular flexibility index (Phi) is 2.84. The quantitative estimate of drug-likeness (QED) is 0.883. The molecule has 2 saturated carbocycles. The number of halogens is 1. The van der Waals surface area contributed by atoms with Crippen molar-refractivity contribution in [2.24, 2.45) is 17.8 Å². The molecule has 106 valence electrons. The van der Waals surface area contributed by atoms with E-state index in [1.165, 1.54) is 32.0 Å². The third kappa shape index (κ3) is 1.95. The fraction of sp³-hybridized carbons (Fsp3) is 0.643. The number of aromatic nitrogens is 4. The summed E-state index contributed by atoms with van der Waals surface area (Å²) in [7, 11) is 0. The van der Waals surface area contributed by atoms with Gasteiger partial charge in [0.25, 0.3) is 5.78 Å². The lowest BCUT2D eigenvalue weighted by Crippen LogP contribution is -2.30. The number of rotatable bonds is 3. The number of hydrogen-bond acceptors (Lipinski definition) is 4. The van der Waals surface area contributed by atoms with Crippen molar-refractivity contribution in [2.75, 3.05) is 5.32 Å². The van der Waals surface area contributed by atoms with E-state index in [0.29, 0.717) is 17.0 Å². The molecule has 2 aliphatic rings. The Bertz CT molecular complexity index is 640. The van der Waals surface area contributed by atoms with Gasteiger partial charge < -0.3 is 5.32 Å². The molecule has 0 radical (unpaired) electrons. The van der Waals surface area contributed by atoms with Crippen molar-refractivity contribution in [2.45, 2.75) is 38.6 Å². The number of nitrogens with zero attached hydrogens (tertiary/aromatic N) is 4. The minimum absolute atomic E-state index is 0.427. The standard InChI is InChI=1S/C14H18ClN5/c1-8(11-5-9-2-3-10(11)4-9)18-13-6-12(15)19-14-16-7-17-20(13)14/h6-11,18H,2-5H2,1H3. The molecule has 0 spiro atoms. The molecule has 2 heterocycles. The van der Waals surface area contributed by atoms with Gasteiger partial charge in [-0.3, -0.25) is 0 Å². The molecule has 2 aromatic rings. The van der Waals surface area contributed by atoms with Gasteiger partial charge in [-0.2, -0.15) is 19.6 Å². The maximum atomic E-state index is 6.05. The van der Waals surface area contributed by atoms with E-state index >= 15 is 0 Å². The maximum absolute atomic E-state index is 6.05. The zero-order valence-electron chi connectivity index (χ0n) is 11.5. The topological polar surface area (TPSA) is 55.1 Å². The van der Waals surface area contributed by atoms with E-state index in [-0.39, 0.29) is 0 Å². The van der Waals surface area contributed by atoms with Gasteiger partial charge in [0, 0.05) is 12.1 Å². The van der Waals surface area contributed by atoms with Crippen molar-refractivity contribution in [3.8, 4) is 0 Å². The normalized spacial score (nSPS) is 30.0. The molecule has 4 rings (SSSR count). The summed E-state index contributed by atoms with van der Waals surface area (Å²) in [5, 5.41) is 8.24. The zero-order chi connectivity index (χ0) is 13.7. The molecule has 2 aliphatic carbocycles.